The third-order valence-electron chi connectivity index (χ3n) is 7.87. The lowest BCUT2D eigenvalue weighted by Gasteiger charge is -2.44. The topological polar surface area (TPSA) is 71.3 Å². The maximum Gasteiger partial charge on any atom is 0.416 e. The van der Waals surface area contributed by atoms with Gasteiger partial charge in [-0.3, -0.25) is 14.6 Å². The SMILES string of the molecule is O=C(c1cc(-c2ccncc2)n(-c2cccc(C(F)(F)F)c2)n1)N1CCC2(CC1)C(=O)CCN2c1ccccc1. The number of Topliss-reactive ketones (excluding diaryl/α,β-unsaturated/α-hetero) is 1. The van der Waals surface area contributed by atoms with Gasteiger partial charge in [-0.25, -0.2) is 4.68 Å². The Hall–Kier alpha value is -4.47. The van der Waals surface area contributed by atoms with E-state index >= 15 is 0 Å². The van der Waals surface area contributed by atoms with Crippen LogP contribution in [0.4, 0.5) is 18.9 Å². The summed E-state index contributed by atoms with van der Waals surface area (Å²) in [5.41, 5.74) is 0.990. The summed E-state index contributed by atoms with van der Waals surface area (Å²) in [6.45, 7) is 1.39. The van der Waals surface area contributed by atoms with E-state index in [2.05, 4.69) is 15.0 Å². The summed E-state index contributed by atoms with van der Waals surface area (Å²) < 4.78 is 41.7. The van der Waals surface area contributed by atoms with Crippen molar-refractivity contribution in [3.05, 3.63) is 96.4 Å². The number of piperidine rings is 1. The molecule has 4 aromatic rings. The van der Waals surface area contributed by atoms with Crippen molar-refractivity contribution < 1.29 is 22.8 Å². The fraction of sp³-hybridized carbons (Fsp3) is 0.267. The second-order valence-corrected chi connectivity index (χ2v) is 10.1. The Kier molecular flexibility index (Phi) is 6.40. The number of anilines is 1. The molecule has 0 atom stereocenters. The lowest BCUT2D eigenvalue weighted by molar-refractivity contribution is -0.137. The lowest BCUT2D eigenvalue weighted by atomic mass is 9.83. The van der Waals surface area contributed by atoms with Gasteiger partial charge in [-0.2, -0.15) is 18.3 Å². The average molecular weight is 546 g/mol. The number of amides is 1. The number of para-hydroxylation sites is 1. The van der Waals surface area contributed by atoms with Gasteiger partial charge in [-0.05, 0) is 61.4 Å². The molecule has 4 heterocycles. The molecule has 40 heavy (non-hydrogen) atoms. The van der Waals surface area contributed by atoms with Crippen LogP contribution in [0.3, 0.4) is 0 Å². The zero-order valence-corrected chi connectivity index (χ0v) is 21.5. The standard InChI is InChI=1S/C30H26F3N5O2/c31-30(32,33)22-5-4-8-24(19-22)38-26(21-9-14-34-15-10-21)20-25(35-38)28(40)36-17-12-29(13-18-36)27(39)11-16-37(29)23-6-2-1-3-7-23/h1-10,14-15,19-20H,11-13,16-18H2. The van der Waals surface area contributed by atoms with Crippen molar-refractivity contribution in [1.82, 2.24) is 19.7 Å². The fourth-order valence-electron chi connectivity index (χ4n) is 5.81. The number of aromatic nitrogens is 3. The Labute approximate surface area is 228 Å². The number of halogens is 3. The van der Waals surface area contributed by atoms with E-state index < -0.39 is 17.3 Å². The monoisotopic (exact) mass is 545 g/mol. The quantitative estimate of drug-likeness (QED) is 0.343. The van der Waals surface area contributed by atoms with E-state index in [1.165, 1.54) is 16.8 Å². The molecule has 1 amide bonds. The maximum absolute atomic E-state index is 13.6. The molecule has 2 aliphatic heterocycles. The van der Waals surface area contributed by atoms with Crippen LogP contribution < -0.4 is 4.90 Å². The number of benzene rings is 2. The van der Waals surface area contributed by atoms with E-state index in [1.54, 1.807) is 35.5 Å². The van der Waals surface area contributed by atoms with Crippen LogP contribution in [-0.4, -0.2) is 56.5 Å². The molecule has 2 saturated heterocycles. The third kappa shape index (κ3) is 4.53. The van der Waals surface area contributed by atoms with Crippen LogP contribution in [0, 0.1) is 0 Å². The van der Waals surface area contributed by atoms with Crippen molar-refractivity contribution in [2.24, 2.45) is 0 Å². The number of carbonyl (C=O) groups is 2. The summed E-state index contributed by atoms with van der Waals surface area (Å²) in [6.07, 6.45) is 0.0895. The van der Waals surface area contributed by atoms with E-state index in [-0.39, 0.29) is 23.1 Å². The molecule has 0 saturated carbocycles. The predicted octanol–water partition coefficient (Wildman–Crippen LogP) is 5.41. The number of likely N-dealkylation sites (tertiary alicyclic amines) is 1. The summed E-state index contributed by atoms with van der Waals surface area (Å²) in [5, 5.41) is 4.48. The number of ketones is 1. The Morgan fingerprint density at radius 3 is 2.25 bits per heavy atom. The molecule has 0 unspecified atom stereocenters. The molecule has 7 nitrogen and oxygen atoms in total. The molecule has 6 rings (SSSR count). The van der Waals surface area contributed by atoms with Crippen molar-refractivity contribution in [1.29, 1.82) is 0 Å². The van der Waals surface area contributed by atoms with Crippen LogP contribution in [0.2, 0.25) is 0 Å². The van der Waals surface area contributed by atoms with E-state index in [0.29, 0.717) is 50.2 Å². The van der Waals surface area contributed by atoms with Crippen molar-refractivity contribution in [3.8, 4) is 16.9 Å². The highest BCUT2D eigenvalue weighted by Gasteiger charge is 2.50. The van der Waals surface area contributed by atoms with Crippen molar-refractivity contribution in [3.63, 3.8) is 0 Å². The van der Waals surface area contributed by atoms with Gasteiger partial charge in [-0.15, -0.1) is 0 Å². The van der Waals surface area contributed by atoms with Crippen molar-refractivity contribution in [2.45, 2.75) is 31.0 Å². The molecule has 1 spiro atoms. The first kappa shape index (κ1) is 25.8. The van der Waals surface area contributed by atoms with Crippen LogP contribution in [0.1, 0.15) is 35.3 Å². The summed E-state index contributed by atoms with van der Waals surface area (Å²) in [4.78, 5) is 34.6. The number of rotatable bonds is 4. The van der Waals surface area contributed by atoms with Gasteiger partial charge in [0.25, 0.3) is 5.91 Å². The minimum Gasteiger partial charge on any atom is -0.358 e. The molecule has 0 bridgehead atoms. The third-order valence-corrected chi connectivity index (χ3v) is 7.87. The zero-order valence-electron chi connectivity index (χ0n) is 21.5. The van der Waals surface area contributed by atoms with Crippen LogP contribution in [-0.2, 0) is 11.0 Å². The first-order valence-electron chi connectivity index (χ1n) is 13.1. The number of pyridine rings is 1. The molecular weight excluding hydrogens is 519 g/mol. The van der Waals surface area contributed by atoms with Crippen molar-refractivity contribution >= 4 is 17.4 Å². The number of alkyl halides is 3. The molecular formula is C30H26F3N5O2. The number of hydrogen-bond donors (Lipinski definition) is 0. The van der Waals surface area contributed by atoms with Gasteiger partial charge in [0.05, 0.1) is 16.9 Å². The van der Waals surface area contributed by atoms with Gasteiger partial charge < -0.3 is 9.80 Å². The maximum atomic E-state index is 13.6. The predicted molar refractivity (Wildman–Crippen MR) is 143 cm³/mol. The number of hydrogen-bond acceptors (Lipinski definition) is 5. The largest absolute Gasteiger partial charge is 0.416 e. The van der Waals surface area contributed by atoms with Crippen LogP contribution in [0.25, 0.3) is 16.9 Å². The summed E-state index contributed by atoms with van der Waals surface area (Å²) in [5.74, 6) is -0.134. The van der Waals surface area contributed by atoms with Crippen LogP contribution in [0.15, 0.2) is 85.2 Å². The fourth-order valence-corrected chi connectivity index (χ4v) is 5.81. The van der Waals surface area contributed by atoms with Crippen molar-refractivity contribution in [2.75, 3.05) is 24.5 Å². The van der Waals surface area contributed by atoms with Gasteiger partial charge in [-0.1, -0.05) is 24.3 Å². The molecule has 0 radical (unpaired) electrons. The highest BCUT2D eigenvalue weighted by atomic mass is 19.4. The molecule has 2 aromatic heterocycles. The molecule has 2 aromatic carbocycles. The van der Waals surface area contributed by atoms with E-state index in [0.717, 1.165) is 17.8 Å². The first-order chi connectivity index (χ1) is 19.3. The highest BCUT2D eigenvalue weighted by Crippen LogP contribution is 2.39. The van der Waals surface area contributed by atoms with Gasteiger partial charge in [0.1, 0.15) is 5.54 Å². The molecule has 2 aliphatic rings. The summed E-state index contributed by atoms with van der Waals surface area (Å²) >= 11 is 0. The Morgan fingerprint density at radius 2 is 1.55 bits per heavy atom. The molecule has 0 N–H and O–H groups in total. The smallest absolute Gasteiger partial charge is 0.358 e. The summed E-state index contributed by atoms with van der Waals surface area (Å²) in [6, 6.07) is 19.7. The van der Waals surface area contributed by atoms with Crippen LogP contribution in [0.5, 0.6) is 0 Å². The first-order valence-corrected chi connectivity index (χ1v) is 13.1. The van der Waals surface area contributed by atoms with E-state index in [4.69, 9.17) is 0 Å². The second kappa shape index (κ2) is 9.93. The average Bonchev–Trinajstić information content (AvgIpc) is 3.56. The Bertz CT molecular complexity index is 1540. The number of nitrogens with zero attached hydrogens (tertiary/aromatic N) is 5. The van der Waals surface area contributed by atoms with E-state index in [1.807, 2.05) is 30.3 Å². The molecule has 204 valence electrons. The number of carbonyl (C=O) groups excluding carboxylic acids is 2. The van der Waals surface area contributed by atoms with E-state index in [9.17, 15) is 22.8 Å². The minimum atomic E-state index is -4.52. The normalized spacial score (nSPS) is 17.0. The summed E-state index contributed by atoms with van der Waals surface area (Å²) in [7, 11) is 0. The Balaban J connectivity index is 1.29. The highest BCUT2D eigenvalue weighted by molar-refractivity contribution is 5.97. The second-order valence-electron chi connectivity index (χ2n) is 10.1. The molecule has 0 aliphatic carbocycles. The molecule has 2 fully saturated rings. The van der Waals surface area contributed by atoms with Gasteiger partial charge in [0, 0.05) is 49.7 Å². The lowest BCUT2D eigenvalue weighted by Crippen LogP contribution is -2.56. The van der Waals surface area contributed by atoms with Gasteiger partial charge >= 0.3 is 6.18 Å². The van der Waals surface area contributed by atoms with Crippen LogP contribution >= 0.6 is 0 Å². The Morgan fingerprint density at radius 1 is 0.850 bits per heavy atom. The zero-order chi connectivity index (χ0) is 27.9. The van der Waals surface area contributed by atoms with Gasteiger partial charge in [0.15, 0.2) is 11.5 Å². The van der Waals surface area contributed by atoms with Gasteiger partial charge in [0.2, 0.25) is 0 Å². The molecule has 10 heteroatoms. The minimum absolute atomic E-state index is 0.123.